The Morgan fingerprint density at radius 3 is 1.57 bits per heavy atom. The third-order valence-corrected chi connectivity index (χ3v) is 6.82. The first-order chi connectivity index (χ1) is 20.6. The van der Waals surface area contributed by atoms with Crippen molar-refractivity contribution in [2.45, 2.75) is 43.9 Å². The Balaban J connectivity index is 1.41. The van der Waals surface area contributed by atoms with Gasteiger partial charge in [-0.1, -0.05) is 97.1 Å². The molecule has 0 bridgehead atoms. The van der Waals surface area contributed by atoms with Crippen LogP contribution in [0.15, 0.2) is 121 Å². The first-order valence-electron chi connectivity index (χ1n) is 13.7. The monoisotopic (exact) mass is 568 g/mol. The van der Waals surface area contributed by atoms with Gasteiger partial charge in [0.15, 0.2) is 12.4 Å². The second-order valence-electron chi connectivity index (χ2n) is 9.79. The van der Waals surface area contributed by atoms with Crippen molar-refractivity contribution in [2.75, 3.05) is 6.61 Å². The van der Waals surface area contributed by atoms with Gasteiger partial charge in [-0.2, -0.15) is 0 Å². The Bertz CT molecular complexity index is 1400. The van der Waals surface area contributed by atoms with Gasteiger partial charge in [-0.15, -0.1) is 0 Å². The third-order valence-electron chi connectivity index (χ3n) is 6.82. The molecule has 1 N–H and O–H groups in total. The molecule has 4 aromatic carbocycles. The van der Waals surface area contributed by atoms with Gasteiger partial charge in [0.25, 0.3) is 0 Å². The summed E-state index contributed by atoms with van der Waals surface area (Å²) >= 11 is 0. The van der Waals surface area contributed by atoms with Crippen LogP contribution in [0.5, 0.6) is 0 Å². The topological polar surface area (TPSA) is 101 Å². The van der Waals surface area contributed by atoms with Gasteiger partial charge < -0.3 is 28.8 Å². The fourth-order valence-electron chi connectivity index (χ4n) is 4.65. The number of aliphatic hydroxyl groups is 1. The summed E-state index contributed by atoms with van der Waals surface area (Å²) < 4.78 is 29.9. The standard InChI is InChI=1S/C34H32O8/c35-32(26-17-9-3-10-18-26)40-23-28-29(42-33(36)27-19-11-4-12-20-27)30(38-21-24-13-5-1-6-14-24)31(34(37)41-28)39-22-25-15-7-2-8-16-25/h1-20,28-31,34,37H,21-23H2/t28-,29+,30+,31-,34?/m1/s1. The molecule has 5 rings (SSSR count). The molecule has 216 valence electrons. The van der Waals surface area contributed by atoms with Crippen molar-refractivity contribution < 1.29 is 38.4 Å². The Morgan fingerprint density at radius 1 is 0.595 bits per heavy atom. The molecule has 1 unspecified atom stereocenters. The van der Waals surface area contributed by atoms with E-state index in [0.717, 1.165) is 11.1 Å². The van der Waals surface area contributed by atoms with Gasteiger partial charge in [-0.3, -0.25) is 0 Å². The van der Waals surface area contributed by atoms with Gasteiger partial charge in [0.2, 0.25) is 0 Å². The normalized spacial score (nSPS) is 21.8. The van der Waals surface area contributed by atoms with Crippen molar-refractivity contribution in [1.82, 2.24) is 0 Å². The first-order valence-corrected chi connectivity index (χ1v) is 13.7. The second-order valence-corrected chi connectivity index (χ2v) is 9.79. The lowest BCUT2D eigenvalue weighted by Crippen LogP contribution is -2.61. The fourth-order valence-corrected chi connectivity index (χ4v) is 4.65. The first kappa shape index (κ1) is 29.2. The lowest BCUT2D eigenvalue weighted by atomic mass is 9.98. The van der Waals surface area contributed by atoms with Crippen LogP contribution >= 0.6 is 0 Å². The van der Waals surface area contributed by atoms with E-state index < -0.39 is 42.6 Å². The molecule has 1 fully saturated rings. The van der Waals surface area contributed by atoms with Crippen LogP contribution in [-0.2, 0) is 36.9 Å². The van der Waals surface area contributed by atoms with E-state index >= 15 is 0 Å². The van der Waals surface area contributed by atoms with Gasteiger partial charge in [0.1, 0.15) is 24.9 Å². The summed E-state index contributed by atoms with van der Waals surface area (Å²) in [7, 11) is 0. The molecule has 5 atom stereocenters. The molecule has 42 heavy (non-hydrogen) atoms. The highest BCUT2D eigenvalue weighted by Crippen LogP contribution is 2.30. The highest BCUT2D eigenvalue weighted by molar-refractivity contribution is 5.90. The van der Waals surface area contributed by atoms with E-state index in [1.807, 2.05) is 60.7 Å². The van der Waals surface area contributed by atoms with Crippen LogP contribution in [0.2, 0.25) is 0 Å². The predicted octanol–water partition coefficient (Wildman–Crippen LogP) is 4.96. The smallest absolute Gasteiger partial charge is 0.338 e. The summed E-state index contributed by atoms with van der Waals surface area (Å²) in [6.45, 7) is 0.0115. The average molecular weight is 569 g/mol. The number of benzene rings is 4. The van der Waals surface area contributed by atoms with Crippen LogP contribution in [0.1, 0.15) is 31.8 Å². The highest BCUT2D eigenvalue weighted by atomic mass is 16.7. The number of hydrogen-bond acceptors (Lipinski definition) is 8. The van der Waals surface area contributed by atoms with E-state index in [1.54, 1.807) is 60.7 Å². The molecule has 0 amide bonds. The van der Waals surface area contributed by atoms with Crippen molar-refractivity contribution >= 4 is 11.9 Å². The Morgan fingerprint density at radius 2 is 1.05 bits per heavy atom. The molecule has 0 aromatic heterocycles. The molecule has 1 saturated heterocycles. The molecule has 0 spiro atoms. The van der Waals surface area contributed by atoms with E-state index in [0.29, 0.717) is 11.1 Å². The van der Waals surface area contributed by atoms with Crippen LogP contribution in [-0.4, -0.2) is 54.4 Å². The largest absolute Gasteiger partial charge is 0.459 e. The molecule has 0 radical (unpaired) electrons. The number of aliphatic hydroxyl groups excluding tert-OH is 1. The van der Waals surface area contributed by atoms with Crippen molar-refractivity contribution in [3.63, 3.8) is 0 Å². The van der Waals surface area contributed by atoms with Gasteiger partial charge >= 0.3 is 11.9 Å². The zero-order chi connectivity index (χ0) is 29.1. The number of ether oxygens (including phenoxy) is 5. The molecule has 4 aromatic rings. The maximum absolute atomic E-state index is 13.3. The molecular formula is C34H32O8. The third kappa shape index (κ3) is 7.69. The van der Waals surface area contributed by atoms with Crippen LogP contribution < -0.4 is 0 Å². The van der Waals surface area contributed by atoms with E-state index in [4.69, 9.17) is 23.7 Å². The summed E-state index contributed by atoms with van der Waals surface area (Å²) in [5.74, 6) is -1.19. The number of esters is 2. The quantitative estimate of drug-likeness (QED) is 0.254. The molecule has 8 heteroatoms. The Hall–Kier alpha value is -4.34. The van der Waals surface area contributed by atoms with E-state index in [1.165, 1.54) is 0 Å². The fraction of sp³-hybridized carbons (Fsp3) is 0.235. The zero-order valence-electron chi connectivity index (χ0n) is 22.9. The van der Waals surface area contributed by atoms with Crippen molar-refractivity contribution in [3.05, 3.63) is 144 Å². The molecule has 0 aliphatic carbocycles. The van der Waals surface area contributed by atoms with Gasteiger partial charge in [0.05, 0.1) is 24.3 Å². The zero-order valence-corrected chi connectivity index (χ0v) is 22.9. The predicted molar refractivity (Wildman–Crippen MR) is 153 cm³/mol. The molecular weight excluding hydrogens is 536 g/mol. The van der Waals surface area contributed by atoms with Crippen LogP contribution in [0, 0.1) is 0 Å². The SMILES string of the molecule is O=C(OC[C@H]1OC(O)[C@H](OCc2ccccc2)[C@@H](OCc2ccccc2)[C@H]1OC(=O)c1ccccc1)c1ccccc1. The summed E-state index contributed by atoms with van der Waals surface area (Å²) in [6.07, 6.45) is -5.58. The Kier molecular flexibility index (Phi) is 10.1. The van der Waals surface area contributed by atoms with Gasteiger partial charge in [-0.05, 0) is 35.4 Å². The molecule has 8 nitrogen and oxygen atoms in total. The maximum Gasteiger partial charge on any atom is 0.338 e. The lowest BCUT2D eigenvalue weighted by Gasteiger charge is -2.43. The number of rotatable bonds is 11. The summed E-state index contributed by atoms with van der Waals surface area (Å²) in [6, 6.07) is 36.0. The number of carbonyl (C=O) groups excluding carboxylic acids is 2. The van der Waals surface area contributed by atoms with E-state index in [2.05, 4.69) is 0 Å². The van der Waals surface area contributed by atoms with E-state index in [-0.39, 0.29) is 19.8 Å². The Labute approximate surface area is 244 Å². The summed E-state index contributed by atoms with van der Waals surface area (Å²) in [5.41, 5.74) is 2.43. The summed E-state index contributed by atoms with van der Waals surface area (Å²) in [4.78, 5) is 26.0. The van der Waals surface area contributed by atoms with E-state index in [9.17, 15) is 14.7 Å². The van der Waals surface area contributed by atoms with Gasteiger partial charge in [0, 0.05) is 0 Å². The van der Waals surface area contributed by atoms with Crippen molar-refractivity contribution in [3.8, 4) is 0 Å². The maximum atomic E-state index is 13.3. The number of hydrogen-bond donors (Lipinski definition) is 1. The average Bonchev–Trinajstić information content (AvgIpc) is 3.05. The number of carbonyl (C=O) groups is 2. The molecule has 1 aliphatic heterocycles. The van der Waals surface area contributed by atoms with Crippen LogP contribution in [0.4, 0.5) is 0 Å². The molecule has 1 aliphatic rings. The minimum Gasteiger partial charge on any atom is -0.459 e. The minimum absolute atomic E-state index is 0.152. The highest BCUT2D eigenvalue weighted by Gasteiger charge is 2.50. The van der Waals surface area contributed by atoms with Crippen LogP contribution in [0.3, 0.4) is 0 Å². The summed E-state index contributed by atoms with van der Waals surface area (Å²) in [5, 5.41) is 11.1. The lowest BCUT2D eigenvalue weighted by molar-refractivity contribution is -0.306. The van der Waals surface area contributed by atoms with Gasteiger partial charge in [-0.25, -0.2) is 9.59 Å². The van der Waals surface area contributed by atoms with Crippen molar-refractivity contribution in [1.29, 1.82) is 0 Å². The molecule has 1 heterocycles. The minimum atomic E-state index is -1.46. The van der Waals surface area contributed by atoms with Crippen molar-refractivity contribution in [2.24, 2.45) is 0 Å². The van der Waals surface area contributed by atoms with Crippen LogP contribution in [0.25, 0.3) is 0 Å². The second kappa shape index (κ2) is 14.5. The molecule has 0 saturated carbocycles.